The van der Waals surface area contributed by atoms with Gasteiger partial charge >= 0.3 is 0 Å². The Morgan fingerprint density at radius 1 is 1.12 bits per heavy atom. The fourth-order valence-electron chi connectivity index (χ4n) is 2.13. The van der Waals surface area contributed by atoms with Crippen LogP contribution in [0.1, 0.15) is 23.1 Å². The maximum Gasteiger partial charge on any atom is 0.269 e. The molecule has 3 N–H and O–H groups in total. The van der Waals surface area contributed by atoms with E-state index in [1.165, 1.54) is 24.3 Å². The third kappa shape index (κ3) is 5.41. The van der Waals surface area contributed by atoms with Gasteiger partial charge in [-0.2, -0.15) is 0 Å². The molecular formula is C16H20N6O3. The number of aromatic nitrogens is 2. The number of non-ortho nitro benzene ring substituents is 1. The predicted molar refractivity (Wildman–Crippen MR) is 94.9 cm³/mol. The zero-order valence-corrected chi connectivity index (χ0v) is 14.1. The number of nitro groups is 1. The summed E-state index contributed by atoms with van der Waals surface area (Å²) in [5, 5.41) is 19.6. The van der Waals surface area contributed by atoms with Crippen LogP contribution in [0.3, 0.4) is 0 Å². The third-order valence-electron chi connectivity index (χ3n) is 3.25. The lowest BCUT2D eigenvalue weighted by Gasteiger charge is -2.10. The first-order valence-corrected chi connectivity index (χ1v) is 7.85. The normalized spacial score (nSPS) is 10.2. The highest BCUT2D eigenvalue weighted by Gasteiger charge is 2.09. The largest absolute Gasteiger partial charge is 0.370 e. The summed E-state index contributed by atoms with van der Waals surface area (Å²) in [4.78, 5) is 30.6. The number of carbonyl (C=O) groups is 1. The van der Waals surface area contributed by atoms with E-state index >= 15 is 0 Å². The molecule has 0 radical (unpaired) electrons. The molecule has 9 heteroatoms. The van der Waals surface area contributed by atoms with Crippen molar-refractivity contribution < 1.29 is 9.72 Å². The van der Waals surface area contributed by atoms with E-state index in [1.54, 1.807) is 6.07 Å². The number of carbonyl (C=O) groups excluding carboxylic acids is 1. The number of anilines is 2. The highest BCUT2D eigenvalue weighted by Crippen LogP contribution is 2.12. The second-order valence-electron chi connectivity index (χ2n) is 5.20. The Kier molecular flexibility index (Phi) is 6.21. The summed E-state index contributed by atoms with van der Waals surface area (Å²) in [5.74, 6) is 1.78. The first kappa shape index (κ1) is 18.1. The minimum atomic E-state index is -0.503. The fourth-order valence-corrected chi connectivity index (χ4v) is 2.13. The van der Waals surface area contributed by atoms with Crippen LogP contribution in [0.15, 0.2) is 30.3 Å². The van der Waals surface area contributed by atoms with Crippen molar-refractivity contribution in [2.24, 2.45) is 0 Å². The number of nitro benzene ring substituents is 1. The summed E-state index contributed by atoms with van der Waals surface area (Å²) in [6.07, 6.45) is 0. The minimum absolute atomic E-state index is 0.0474. The molecular weight excluding hydrogens is 324 g/mol. The summed E-state index contributed by atoms with van der Waals surface area (Å²) in [6, 6.07) is 7.27. The molecule has 1 aromatic heterocycles. The molecule has 1 aromatic carbocycles. The number of rotatable bonds is 8. The van der Waals surface area contributed by atoms with Gasteiger partial charge in [-0.05, 0) is 26.0 Å². The molecule has 0 unspecified atom stereocenters. The highest BCUT2D eigenvalue weighted by atomic mass is 16.6. The summed E-state index contributed by atoms with van der Waals surface area (Å²) in [6.45, 7) is 5.43. The van der Waals surface area contributed by atoms with Crippen molar-refractivity contribution in [3.8, 4) is 0 Å². The highest BCUT2D eigenvalue weighted by molar-refractivity contribution is 5.94. The van der Waals surface area contributed by atoms with Gasteiger partial charge in [0.25, 0.3) is 11.6 Å². The zero-order chi connectivity index (χ0) is 18.2. The molecule has 2 aromatic rings. The van der Waals surface area contributed by atoms with Crippen molar-refractivity contribution in [1.29, 1.82) is 0 Å². The van der Waals surface area contributed by atoms with Crippen molar-refractivity contribution >= 4 is 23.2 Å². The van der Waals surface area contributed by atoms with Gasteiger partial charge in [-0.25, -0.2) is 9.97 Å². The molecule has 1 amide bonds. The van der Waals surface area contributed by atoms with Gasteiger partial charge in [0.2, 0.25) is 0 Å². The Bertz CT molecular complexity index is 748. The summed E-state index contributed by atoms with van der Waals surface area (Å²) >= 11 is 0. The Hall–Kier alpha value is -3.23. The Morgan fingerprint density at radius 2 is 1.76 bits per heavy atom. The second-order valence-corrected chi connectivity index (χ2v) is 5.20. The van der Waals surface area contributed by atoms with Crippen LogP contribution in [0.25, 0.3) is 0 Å². The molecule has 0 aliphatic rings. The third-order valence-corrected chi connectivity index (χ3v) is 3.25. The van der Waals surface area contributed by atoms with E-state index in [0.717, 1.165) is 12.4 Å². The van der Waals surface area contributed by atoms with Crippen LogP contribution in [-0.2, 0) is 0 Å². The number of benzene rings is 1. The molecule has 0 saturated heterocycles. The van der Waals surface area contributed by atoms with E-state index in [9.17, 15) is 14.9 Å². The van der Waals surface area contributed by atoms with Gasteiger partial charge in [-0.1, -0.05) is 0 Å². The predicted octanol–water partition coefficient (Wildman–Crippen LogP) is 1.97. The van der Waals surface area contributed by atoms with E-state index in [4.69, 9.17) is 0 Å². The van der Waals surface area contributed by atoms with Crippen LogP contribution < -0.4 is 16.0 Å². The van der Waals surface area contributed by atoms with Crippen molar-refractivity contribution in [3.63, 3.8) is 0 Å². The van der Waals surface area contributed by atoms with Crippen molar-refractivity contribution in [2.45, 2.75) is 13.8 Å². The van der Waals surface area contributed by atoms with Gasteiger partial charge in [0.05, 0.1) is 4.92 Å². The molecule has 0 fully saturated rings. The summed E-state index contributed by atoms with van der Waals surface area (Å²) < 4.78 is 0. The average molecular weight is 344 g/mol. The maximum atomic E-state index is 12.0. The number of aryl methyl sites for hydroxylation is 1. The van der Waals surface area contributed by atoms with E-state index in [-0.39, 0.29) is 11.6 Å². The molecule has 25 heavy (non-hydrogen) atoms. The summed E-state index contributed by atoms with van der Waals surface area (Å²) in [5.41, 5.74) is 0.326. The molecule has 1 heterocycles. The van der Waals surface area contributed by atoms with Crippen LogP contribution in [0.4, 0.5) is 17.3 Å². The van der Waals surface area contributed by atoms with Crippen LogP contribution in [0.2, 0.25) is 0 Å². The molecule has 0 saturated carbocycles. The first-order chi connectivity index (χ1) is 12.0. The zero-order valence-electron chi connectivity index (χ0n) is 14.1. The van der Waals surface area contributed by atoms with E-state index in [1.807, 2.05) is 13.8 Å². The molecule has 0 aliphatic heterocycles. The van der Waals surface area contributed by atoms with Gasteiger partial charge in [0.1, 0.15) is 17.5 Å². The smallest absolute Gasteiger partial charge is 0.269 e. The van der Waals surface area contributed by atoms with E-state index in [2.05, 4.69) is 25.9 Å². The monoisotopic (exact) mass is 344 g/mol. The number of hydrogen-bond donors (Lipinski definition) is 3. The number of amides is 1. The van der Waals surface area contributed by atoms with Gasteiger partial charge in [-0.3, -0.25) is 14.9 Å². The lowest BCUT2D eigenvalue weighted by molar-refractivity contribution is -0.384. The fraction of sp³-hybridized carbons (Fsp3) is 0.312. The lowest BCUT2D eigenvalue weighted by atomic mass is 10.2. The molecule has 0 atom stereocenters. The average Bonchev–Trinajstić information content (AvgIpc) is 2.58. The number of hydrogen-bond acceptors (Lipinski definition) is 7. The van der Waals surface area contributed by atoms with Crippen LogP contribution >= 0.6 is 0 Å². The SMILES string of the molecule is CCNc1cc(NCCNC(=O)c2ccc([N+](=O)[O-])cc2)nc(C)n1. The maximum absolute atomic E-state index is 12.0. The molecule has 0 aliphatic carbocycles. The lowest BCUT2D eigenvalue weighted by Crippen LogP contribution is -2.28. The van der Waals surface area contributed by atoms with Crippen molar-refractivity contribution in [3.05, 3.63) is 51.8 Å². The van der Waals surface area contributed by atoms with Crippen LogP contribution in [0.5, 0.6) is 0 Å². The molecule has 0 bridgehead atoms. The Labute approximate surface area is 145 Å². The second kappa shape index (κ2) is 8.57. The molecule has 2 rings (SSSR count). The minimum Gasteiger partial charge on any atom is -0.370 e. The van der Waals surface area contributed by atoms with Gasteiger partial charge in [-0.15, -0.1) is 0 Å². The quantitative estimate of drug-likeness (QED) is 0.380. The van der Waals surface area contributed by atoms with Gasteiger partial charge in [0.15, 0.2) is 0 Å². The number of nitrogens with one attached hydrogen (secondary N) is 3. The van der Waals surface area contributed by atoms with Crippen LogP contribution in [-0.4, -0.2) is 40.4 Å². The summed E-state index contributed by atoms with van der Waals surface area (Å²) in [7, 11) is 0. The van der Waals surface area contributed by atoms with Crippen LogP contribution in [0, 0.1) is 17.0 Å². The van der Waals surface area contributed by atoms with Gasteiger partial charge < -0.3 is 16.0 Å². The van der Waals surface area contributed by atoms with E-state index in [0.29, 0.717) is 30.3 Å². The first-order valence-electron chi connectivity index (χ1n) is 7.85. The van der Waals surface area contributed by atoms with Gasteiger partial charge in [0, 0.05) is 43.4 Å². The number of nitrogens with zero attached hydrogens (tertiary/aromatic N) is 3. The van der Waals surface area contributed by atoms with Crippen molar-refractivity contribution in [2.75, 3.05) is 30.3 Å². The standard InChI is InChI=1S/C16H20N6O3/c1-3-17-14-10-15(21-11(2)20-14)18-8-9-19-16(23)12-4-6-13(7-5-12)22(24)25/h4-7,10H,3,8-9H2,1-2H3,(H,19,23)(H2,17,18,20,21). The topological polar surface area (TPSA) is 122 Å². The van der Waals surface area contributed by atoms with Crippen molar-refractivity contribution in [1.82, 2.24) is 15.3 Å². The molecule has 132 valence electrons. The molecule has 0 spiro atoms. The Balaban J connectivity index is 1.82. The Morgan fingerprint density at radius 3 is 2.36 bits per heavy atom. The molecule has 9 nitrogen and oxygen atoms in total. The van der Waals surface area contributed by atoms with E-state index < -0.39 is 4.92 Å².